The van der Waals surface area contributed by atoms with Crippen molar-refractivity contribution in [2.45, 2.75) is 70.4 Å². The monoisotopic (exact) mass is 401 g/mol. The zero-order chi connectivity index (χ0) is 19.6. The number of nitrogens with zero attached hydrogens (tertiary/aromatic N) is 2. The zero-order valence-corrected chi connectivity index (χ0v) is 17.9. The smallest absolute Gasteiger partial charge is 0.317 e. The summed E-state index contributed by atoms with van der Waals surface area (Å²) in [5.74, 6) is 3.43. The number of thiophene rings is 1. The summed E-state index contributed by atoms with van der Waals surface area (Å²) in [6.07, 6.45) is 15.6. The molecule has 0 atom stereocenters. The third-order valence-electron chi connectivity index (χ3n) is 6.13. The standard InChI is InChI=1S/C23H35N3OS/c1-2-3-4-7-13-25(18-21-12-16-28-19-21)17-20-10-14-26(15-11-20)23(27)24-22-8-5-6-9-22/h1,12,16,19-20,22H,3-11,13-15,17-18H2,(H,24,27). The van der Waals surface area contributed by atoms with Crippen LogP contribution >= 0.6 is 11.3 Å². The average molecular weight is 402 g/mol. The molecular weight excluding hydrogens is 366 g/mol. The molecule has 28 heavy (non-hydrogen) atoms. The van der Waals surface area contributed by atoms with Gasteiger partial charge < -0.3 is 10.2 Å². The molecule has 3 rings (SSSR count). The van der Waals surface area contributed by atoms with E-state index in [1.165, 1.54) is 18.4 Å². The van der Waals surface area contributed by atoms with Gasteiger partial charge in [-0.3, -0.25) is 4.90 Å². The van der Waals surface area contributed by atoms with Gasteiger partial charge >= 0.3 is 6.03 Å². The van der Waals surface area contributed by atoms with Crippen LogP contribution in [0.4, 0.5) is 4.79 Å². The quantitative estimate of drug-likeness (QED) is 0.480. The molecule has 0 aromatic carbocycles. The van der Waals surface area contributed by atoms with E-state index < -0.39 is 0 Å². The lowest BCUT2D eigenvalue weighted by molar-refractivity contribution is 0.141. The van der Waals surface area contributed by atoms with E-state index in [0.717, 1.165) is 77.7 Å². The van der Waals surface area contributed by atoms with E-state index in [-0.39, 0.29) is 6.03 Å². The molecule has 154 valence electrons. The highest BCUT2D eigenvalue weighted by Crippen LogP contribution is 2.22. The first-order valence-electron chi connectivity index (χ1n) is 11.0. The summed E-state index contributed by atoms with van der Waals surface area (Å²) in [7, 11) is 0. The summed E-state index contributed by atoms with van der Waals surface area (Å²) >= 11 is 1.77. The van der Waals surface area contributed by atoms with Gasteiger partial charge in [0.15, 0.2) is 0 Å². The van der Waals surface area contributed by atoms with Crippen molar-refractivity contribution in [2.24, 2.45) is 5.92 Å². The van der Waals surface area contributed by atoms with Crippen LogP contribution in [0.2, 0.25) is 0 Å². The number of amides is 2. The van der Waals surface area contributed by atoms with Crippen molar-refractivity contribution in [3.05, 3.63) is 22.4 Å². The van der Waals surface area contributed by atoms with Gasteiger partial charge in [-0.05, 0) is 73.4 Å². The fraction of sp³-hybridized carbons (Fsp3) is 0.696. The van der Waals surface area contributed by atoms with Crippen molar-refractivity contribution in [2.75, 3.05) is 26.2 Å². The highest BCUT2D eigenvalue weighted by molar-refractivity contribution is 7.07. The van der Waals surface area contributed by atoms with Crippen LogP contribution in [0.15, 0.2) is 16.8 Å². The summed E-state index contributed by atoms with van der Waals surface area (Å²) in [5, 5.41) is 7.65. The van der Waals surface area contributed by atoms with Gasteiger partial charge in [-0.15, -0.1) is 12.3 Å². The van der Waals surface area contributed by atoms with Crippen molar-refractivity contribution >= 4 is 17.4 Å². The highest BCUT2D eigenvalue weighted by atomic mass is 32.1. The normalized spacial score (nSPS) is 18.5. The fourth-order valence-electron chi connectivity index (χ4n) is 4.46. The molecule has 0 radical (unpaired) electrons. The summed E-state index contributed by atoms with van der Waals surface area (Å²) in [6.45, 7) is 5.06. The summed E-state index contributed by atoms with van der Waals surface area (Å²) in [5.41, 5.74) is 1.41. The molecule has 5 heteroatoms. The van der Waals surface area contributed by atoms with Gasteiger partial charge in [0, 0.05) is 38.6 Å². The van der Waals surface area contributed by atoms with Crippen LogP contribution in [-0.4, -0.2) is 48.1 Å². The second-order valence-electron chi connectivity index (χ2n) is 8.39. The Balaban J connectivity index is 1.42. The molecule has 1 aliphatic carbocycles. The number of rotatable bonds is 9. The molecule has 1 saturated heterocycles. The van der Waals surface area contributed by atoms with Crippen LogP contribution in [0.1, 0.15) is 63.4 Å². The number of urea groups is 1. The molecule has 2 heterocycles. The maximum atomic E-state index is 12.5. The molecule has 1 saturated carbocycles. The van der Waals surface area contributed by atoms with Gasteiger partial charge in [-0.2, -0.15) is 11.3 Å². The minimum absolute atomic E-state index is 0.162. The maximum Gasteiger partial charge on any atom is 0.317 e. The molecule has 2 fully saturated rings. The van der Waals surface area contributed by atoms with Gasteiger partial charge in [0.25, 0.3) is 0 Å². The van der Waals surface area contributed by atoms with Gasteiger partial charge in [-0.1, -0.05) is 12.8 Å². The molecule has 1 aromatic heterocycles. The Bertz CT molecular complexity index is 610. The molecule has 1 aliphatic heterocycles. The van der Waals surface area contributed by atoms with Gasteiger partial charge in [0.2, 0.25) is 0 Å². The van der Waals surface area contributed by atoms with E-state index in [1.54, 1.807) is 11.3 Å². The fourth-order valence-corrected chi connectivity index (χ4v) is 5.12. The van der Waals surface area contributed by atoms with Gasteiger partial charge in [0.05, 0.1) is 0 Å². The number of unbranched alkanes of at least 4 members (excludes halogenated alkanes) is 2. The topological polar surface area (TPSA) is 35.6 Å². The predicted molar refractivity (Wildman–Crippen MR) is 117 cm³/mol. The van der Waals surface area contributed by atoms with Crippen LogP contribution in [0, 0.1) is 18.3 Å². The van der Waals surface area contributed by atoms with Crippen LogP contribution in [0.25, 0.3) is 0 Å². The molecule has 0 bridgehead atoms. The first-order valence-corrected chi connectivity index (χ1v) is 11.9. The SMILES string of the molecule is C#CCCCCN(Cc1ccsc1)CC1CCN(C(=O)NC2CCCC2)CC1. The van der Waals surface area contributed by atoms with E-state index in [2.05, 4.69) is 33.0 Å². The molecular formula is C23H35N3OS. The minimum Gasteiger partial charge on any atom is -0.335 e. The number of likely N-dealkylation sites (tertiary alicyclic amines) is 1. The zero-order valence-electron chi connectivity index (χ0n) is 17.1. The second-order valence-corrected chi connectivity index (χ2v) is 9.17. The van der Waals surface area contributed by atoms with Crippen LogP contribution in [0.3, 0.4) is 0 Å². The molecule has 1 aromatic rings. The number of terminal acetylenes is 1. The molecule has 0 unspecified atom stereocenters. The Labute approximate surface area is 174 Å². The van der Waals surface area contributed by atoms with Crippen molar-refractivity contribution in [3.8, 4) is 12.3 Å². The molecule has 2 aliphatic rings. The largest absolute Gasteiger partial charge is 0.335 e. The number of piperidine rings is 1. The van der Waals surface area contributed by atoms with Gasteiger partial charge in [-0.25, -0.2) is 4.79 Å². The number of nitrogens with one attached hydrogen (secondary N) is 1. The number of hydrogen-bond donors (Lipinski definition) is 1. The van der Waals surface area contributed by atoms with E-state index in [4.69, 9.17) is 6.42 Å². The van der Waals surface area contributed by atoms with E-state index >= 15 is 0 Å². The number of carbonyl (C=O) groups excluding carboxylic acids is 1. The predicted octanol–water partition coefficient (Wildman–Crippen LogP) is 4.72. The van der Waals surface area contributed by atoms with Crippen molar-refractivity contribution in [1.29, 1.82) is 0 Å². The maximum absolute atomic E-state index is 12.5. The molecule has 1 N–H and O–H groups in total. The first kappa shape index (κ1) is 21.2. The van der Waals surface area contributed by atoms with Crippen LogP contribution in [-0.2, 0) is 6.54 Å². The van der Waals surface area contributed by atoms with Crippen molar-refractivity contribution < 1.29 is 4.79 Å². The lowest BCUT2D eigenvalue weighted by Gasteiger charge is -2.35. The summed E-state index contributed by atoms with van der Waals surface area (Å²) in [4.78, 5) is 17.1. The Kier molecular flexibility index (Phi) is 8.70. The molecule has 0 spiro atoms. The van der Waals surface area contributed by atoms with E-state index in [9.17, 15) is 4.79 Å². The van der Waals surface area contributed by atoms with E-state index in [0.29, 0.717) is 12.0 Å². The van der Waals surface area contributed by atoms with Crippen LogP contribution in [0.5, 0.6) is 0 Å². The Morgan fingerprint density at radius 1 is 1.25 bits per heavy atom. The summed E-state index contributed by atoms with van der Waals surface area (Å²) in [6, 6.07) is 2.80. The van der Waals surface area contributed by atoms with Gasteiger partial charge in [0.1, 0.15) is 0 Å². The third-order valence-corrected chi connectivity index (χ3v) is 6.86. The first-order chi connectivity index (χ1) is 13.7. The molecule has 2 amide bonds. The van der Waals surface area contributed by atoms with E-state index in [1.807, 2.05) is 4.90 Å². The molecule has 4 nitrogen and oxygen atoms in total. The number of carbonyl (C=O) groups is 1. The second kappa shape index (κ2) is 11.5. The minimum atomic E-state index is 0.162. The Morgan fingerprint density at radius 3 is 2.71 bits per heavy atom. The van der Waals surface area contributed by atoms with Crippen molar-refractivity contribution in [1.82, 2.24) is 15.1 Å². The van der Waals surface area contributed by atoms with Crippen LogP contribution < -0.4 is 5.32 Å². The van der Waals surface area contributed by atoms with Crippen molar-refractivity contribution in [3.63, 3.8) is 0 Å². The third kappa shape index (κ3) is 6.83. The lowest BCUT2D eigenvalue weighted by Crippen LogP contribution is -2.48. The Morgan fingerprint density at radius 2 is 2.04 bits per heavy atom. The highest BCUT2D eigenvalue weighted by Gasteiger charge is 2.26. The Hall–Kier alpha value is -1.51. The number of hydrogen-bond acceptors (Lipinski definition) is 3. The lowest BCUT2D eigenvalue weighted by atomic mass is 9.96. The summed E-state index contributed by atoms with van der Waals surface area (Å²) < 4.78 is 0. The average Bonchev–Trinajstić information content (AvgIpc) is 3.40.